The zero-order chi connectivity index (χ0) is 18.5. The highest BCUT2D eigenvalue weighted by Gasteiger charge is 2.31. The topological polar surface area (TPSA) is 92.4 Å². The van der Waals surface area contributed by atoms with Crippen molar-refractivity contribution in [2.75, 3.05) is 19.6 Å². The Kier molecular flexibility index (Phi) is 7.82. The highest BCUT2D eigenvalue weighted by atomic mass is 35.5. The van der Waals surface area contributed by atoms with Gasteiger partial charge >= 0.3 is 0 Å². The van der Waals surface area contributed by atoms with Crippen LogP contribution in [0.1, 0.15) is 31.4 Å². The number of nitrogens with one attached hydrogen (secondary N) is 2. The van der Waals surface area contributed by atoms with E-state index >= 15 is 0 Å². The normalized spacial score (nSPS) is 26.0. The highest BCUT2D eigenvalue weighted by Crippen LogP contribution is 2.24. The molecule has 3 atom stereocenters. The summed E-state index contributed by atoms with van der Waals surface area (Å²) >= 11 is 0. The van der Waals surface area contributed by atoms with Gasteiger partial charge < -0.3 is 25.0 Å². The Labute approximate surface area is 171 Å². The van der Waals surface area contributed by atoms with Crippen LogP contribution in [-0.4, -0.2) is 59.2 Å². The Morgan fingerprint density at radius 3 is 2.82 bits per heavy atom. The summed E-state index contributed by atoms with van der Waals surface area (Å²) in [6, 6.07) is 8.15. The molecule has 28 heavy (non-hydrogen) atoms. The Morgan fingerprint density at radius 2 is 2.04 bits per heavy atom. The van der Waals surface area contributed by atoms with Crippen molar-refractivity contribution in [1.29, 1.82) is 0 Å². The van der Waals surface area contributed by atoms with Gasteiger partial charge in [0.05, 0.1) is 24.0 Å². The highest BCUT2D eigenvalue weighted by molar-refractivity contribution is 5.85. The zero-order valence-electron chi connectivity index (χ0n) is 15.9. The van der Waals surface area contributed by atoms with Crippen molar-refractivity contribution >= 4 is 12.4 Å². The molecule has 0 aliphatic carbocycles. The Balaban J connectivity index is 0.00000225. The van der Waals surface area contributed by atoms with Crippen molar-refractivity contribution in [2.24, 2.45) is 0 Å². The van der Waals surface area contributed by atoms with E-state index in [0.29, 0.717) is 24.8 Å². The van der Waals surface area contributed by atoms with E-state index in [1.807, 2.05) is 24.3 Å². The summed E-state index contributed by atoms with van der Waals surface area (Å²) < 4.78 is 11.6. The molecule has 8 heteroatoms. The van der Waals surface area contributed by atoms with Crippen molar-refractivity contribution in [3.63, 3.8) is 0 Å². The number of aliphatic hydroxyl groups is 1. The van der Waals surface area contributed by atoms with Crippen LogP contribution in [0.2, 0.25) is 0 Å². The summed E-state index contributed by atoms with van der Waals surface area (Å²) in [4.78, 5) is 4.29. The molecule has 2 aromatic heterocycles. The molecule has 0 bridgehead atoms. The molecule has 4 heterocycles. The summed E-state index contributed by atoms with van der Waals surface area (Å²) in [5, 5.41) is 21.4. The number of halogens is 1. The van der Waals surface area contributed by atoms with Gasteiger partial charge in [0.15, 0.2) is 5.76 Å². The number of rotatable bonds is 6. The maximum absolute atomic E-state index is 10.3. The van der Waals surface area contributed by atoms with Gasteiger partial charge in [0.2, 0.25) is 0 Å². The Morgan fingerprint density at radius 1 is 1.18 bits per heavy atom. The van der Waals surface area contributed by atoms with Crippen molar-refractivity contribution in [3.05, 3.63) is 36.2 Å². The largest absolute Gasteiger partial charge is 0.390 e. The van der Waals surface area contributed by atoms with Gasteiger partial charge in [-0.2, -0.15) is 0 Å². The van der Waals surface area contributed by atoms with E-state index in [9.17, 15) is 5.11 Å². The van der Waals surface area contributed by atoms with Crippen molar-refractivity contribution in [1.82, 2.24) is 20.8 Å². The first-order valence-electron chi connectivity index (χ1n) is 9.92. The molecule has 2 aromatic rings. The minimum absolute atomic E-state index is 0. The van der Waals surface area contributed by atoms with Gasteiger partial charge in [-0.1, -0.05) is 11.2 Å². The average molecular weight is 409 g/mol. The van der Waals surface area contributed by atoms with Gasteiger partial charge in [0.25, 0.3) is 0 Å². The SMILES string of the molecule is Cl.O[C@H]1CC[C@@H](Cc2cc(-c3ccccn3)on2)O[C@@H]1CNC1CCNCC1. The Bertz CT molecular complexity index is 708. The fourth-order valence-electron chi connectivity index (χ4n) is 3.86. The maximum Gasteiger partial charge on any atom is 0.185 e. The van der Waals surface area contributed by atoms with Crippen molar-refractivity contribution in [2.45, 2.75) is 56.5 Å². The molecule has 2 saturated heterocycles. The molecule has 0 amide bonds. The van der Waals surface area contributed by atoms with E-state index in [4.69, 9.17) is 9.26 Å². The first-order valence-corrected chi connectivity index (χ1v) is 9.92. The van der Waals surface area contributed by atoms with Crippen LogP contribution >= 0.6 is 12.4 Å². The average Bonchev–Trinajstić information content (AvgIpc) is 3.18. The molecule has 0 unspecified atom stereocenters. The van der Waals surface area contributed by atoms with Crippen molar-refractivity contribution in [3.8, 4) is 11.5 Å². The summed E-state index contributed by atoms with van der Waals surface area (Å²) in [5.41, 5.74) is 1.64. The van der Waals surface area contributed by atoms with Crippen molar-refractivity contribution < 1.29 is 14.4 Å². The molecular weight excluding hydrogens is 380 g/mol. The second kappa shape index (κ2) is 10.3. The number of aliphatic hydroxyl groups excluding tert-OH is 1. The van der Waals surface area contributed by atoms with Crippen LogP contribution in [0.3, 0.4) is 0 Å². The van der Waals surface area contributed by atoms with E-state index in [1.165, 1.54) is 0 Å². The summed E-state index contributed by atoms with van der Waals surface area (Å²) in [7, 11) is 0. The second-order valence-electron chi connectivity index (χ2n) is 7.48. The molecule has 2 aliphatic rings. The van der Waals surface area contributed by atoms with Gasteiger partial charge in [0.1, 0.15) is 5.69 Å². The molecule has 7 nitrogen and oxygen atoms in total. The number of hydrogen-bond donors (Lipinski definition) is 3. The van der Waals surface area contributed by atoms with Crippen LogP contribution in [-0.2, 0) is 11.2 Å². The predicted octanol–water partition coefficient (Wildman–Crippen LogP) is 1.95. The molecule has 0 saturated carbocycles. The van der Waals surface area contributed by atoms with Crippen LogP contribution in [0, 0.1) is 0 Å². The molecule has 0 spiro atoms. The van der Waals surface area contributed by atoms with E-state index in [2.05, 4.69) is 20.8 Å². The molecule has 3 N–H and O–H groups in total. The number of hydrogen-bond acceptors (Lipinski definition) is 7. The third-order valence-corrected chi connectivity index (χ3v) is 5.44. The quantitative estimate of drug-likeness (QED) is 0.672. The second-order valence-corrected chi connectivity index (χ2v) is 7.48. The smallest absolute Gasteiger partial charge is 0.185 e. The first kappa shape index (κ1) is 21.2. The fourth-order valence-corrected chi connectivity index (χ4v) is 3.86. The number of piperidine rings is 1. The number of ether oxygens (including phenoxy) is 1. The maximum atomic E-state index is 10.3. The van der Waals surface area contributed by atoms with Crippen LogP contribution in [0.25, 0.3) is 11.5 Å². The zero-order valence-corrected chi connectivity index (χ0v) is 16.7. The molecule has 0 aromatic carbocycles. The van der Waals surface area contributed by atoms with E-state index < -0.39 is 6.10 Å². The molecule has 2 fully saturated rings. The van der Waals surface area contributed by atoms with Gasteiger partial charge in [-0.05, 0) is 50.9 Å². The summed E-state index contributed by atoms with van der Waals surface area (Å²) in [5.74, 6) is 0.672. The van der Waals surface area contributed by atoms with Gasteiger partial charge in [-0.3, -0.25) is 4.98 Å². The minimum atomic E-state index is -0.406. The molecule has 154 valence electrons. The summed E-state index contributed by atoms with van der Waals surface area (Å²) in [6.45, 7) is 2.80. The Hall–Kier alpha value is -1.51. The van der Waals surface area contributed by atoms with Gasteiger partial charge in [-0.25, -0.2) is 0 Å². The van der Waals surface area contributed by atoms with E-state index in [1.54, 1.807) is 6.20 Å². The molecule has 0 radical (unpaired) electrons. The van der Waals surface area contributed by atoms with Crippen LogP contribution in [0.4, 0.5) is 0 Å². The third-order valence-electron chi connectivity index (χ3n) is 5.44. The van der Waals surface area contributed by atoms with Gasteiger partial charge in [-0.15, -0.1) is 12.4 Å². The molecule has 2 aliphatic heterocycles. The number of aromatic nitrogens is 2. The van der Waals surface area contributed by atoms with E-state index in [-0.39, 0.29) is 24.6 Å². The molecule has 4 rings (SSSR count). The number of pyridine rings is 1. The van der Waals surface area contributed by atoms with Crippen LogP contribution < -0.4 is 10.6 Å². The standard InChI is InChI=1S/C20H28N4O3.ClH/c25-18-5-4-16(26-20(18)13-23-14-6-9-21-10-7-14)11-15-12-19(27-24-15)17-3-1-2-8-22-17;/h1-3,8,12,14,16,18,20-21,23,25H,4-7,9-11,13H2;1H/t16-,18-,20+;/m0./s1. The minimum Gasteiger partial charge on any atom is -0.390 e. The van der Waals surface area contributed by atoms with Gasteiger partial charge in [0, 0.05) is 31.3 Å². The summed E-state index contributed by atoms with van der Waals surface area (Å²) in [6.07, 6.45) is 5.75. The van der Waals surface area contributed by atoms with E-state index in [0.717, 1.165) is 50.2 Å². The first-order chi connectivity index (χ1) is 13.3. The lowest BCUT2D eigenvalue weighted by molar-refractivity contribution is -0.115. The fraction of sp³-hybridized carbons (Fsp3) is 0.600. The van der Waals surface area contributed by atoms with Crippen LogP contribution in [0.5, 0.6) is 0 Å². The monoisotopic (exact) mass is 408 g/mol. The lowest BCUT2D eigenvalue weighted by Crippen LogP contribution is -2.49. The molecular formula is C20H29ClN4O3. The lowest BCUT2D eigenvalue weighted by atomic mass is 9.97. The lowest BCUT2D eigenvalue weighted by Gasteiger charge is -2.35. The number of nitrogens with zero attached hydrogens (tertiary/aromatic N) is 2. The van der Waals surface area contributed by atoms with Crippen LogP contribution in [0.15, 0.2) is 35.0 Å². The third kappa shape index (κ3) is 5.52. The predicted molar refractivity (Wildman–Crippen MR) is 108 cm³/mol.